The first kappa shape index (κ1) is 18.3. The highest BCUT2D eigenvalue weighted by Crippen LogP contribution is 2.46. The standard InChI is InChI=1S/C20H29N5O/c1-19(2)14-24(20(19,3)4)18(21-5)22-13-15-11-12-25(23-15)16-7-9-17(26-6)10-8-16/h7-12H,13-14H2,1-6H3,(H,21,22). The Balaban J connectivity index is 1.64. The van der Waals surface area contributed by atoms with Crippen LogP contribution in [-0.4, -0.2) is 46.9 Å². The number of rotatable bonds is 4. The predicted molar refractivity (Wildman–Crippen MR) is 105 cm³/mol. The van der Waals surface area contributed by atoms with Gasteiger partial charge in [0, 0.05) is 30.7 Å². The van der Waals surface area contributed by atoms with Crippen molar-refractivity contribution in [2.75, 3.05) is 20.7 Å². The van der Waals surface area contributed by atoms with Gasteiger partial charge in [0.1, 0.15) is 5.75 Å². The second-order valence-corrected chi connectivity index (χ2v) is 7.88. The minimum atomic E-state index is 0.0807. The van der Waals surface area contributed by atoms with Crippen LogP contribution in [0.4, 0.5) is 0 Å². The third-order valence-electron chi connectivity index (χ3n) is 5.76. The van der Waals surface area contributed by atoms with Crippen LogP contribution in [0.3, 0.4) is 0 Å². The van der Waals surface area contributed by atoms with E-state index in [2.05, 4.69) is 48.0 Å². The van der Waals surface area contributed by atoms with Crippen molar-refractivity contribution in [3.8, 4) is 11.4 Å². The first-order chi connectivity index (χ1) is 12.3. The molecule has 1 aromatic heterocycles. The van der Waals surface area contributed by atoms with E-state index in [0.29, 0.717) is 6.54 Å². The lowest BCUT2D eigenvalue weighted by molar-refractivity contribution is -0.0668. The molecule has 1 N–H and O–H groups in total. The number of guanidine groups is 1. The molecule has 6 heteroatoms. The first-order valence-electron chi connectivity index (χ1n) is 8.96. The third kappa shape index (κ3) is 3.16. The SMILES string of the molecule is CN=C(NCc1ccn(-c2ccc(OC)cc2)n1)N1CC(C)(C)C1(C)C. The van der Waals surface area contributed by atoms with E-state index in [9.17, 15) is 0 Å². The van der Waals surface area contributed by atoms with Crippen molar-refractivity contribution in [2.45, 2.75) is 39.8 Å². The van der Waals surface area contributed by atoms with Gasteiger partial charge in [0.15, 0.2) is 5.96 Å². The summed E-state index contributed by atoms with van der Waals surface area (Å²) in [5.74, 6) is 1.76. The molecule has 6 nitrogen and oxygen atoms in total. The molecule has 140 valence electrons. The minimum absolute atomic E-state index is 0.0807. The number of likely N-dealkylation sites (tertiary alicyclic amines) is 1. The van der Waals surface area contributed by atoms with E-state index in [1.54, 1.807) is 7.11 Å². The molecule has 3 rings (SSSR count). The van der Waals surface area contributed by atoms with E-state index >= 15 is 0 Å². The lowest BCUT2D eigenvalue weighted by atomic mass is 9.65. The van der Waals surface area contributed by atoms with Gasteiger partial charge in [-0.2, -0.15) is 5.10 Å². The van der Waals surface area contributed by atoms with Crippen LogP contribution < -0.4 is 10.1 Å². The molecule has 1 aliphatic rings. The molecular formula is C20H29N5O. The summed E-state index contributed by atoms with van der Waals surface area (Å²) in [6.07, 6.45) is 1.97. The quantitative estimate of drug-likeness (QED) is 0.676. The maximum absolute atomic E-state index is 5.20. The van der Waals surface area contributed by atoms with Crippen LogP contribution in [-0.2, 0) is 6.54 Å². The number of ether oxygens (including phenoxy) is 1. The Labute approximate surface area is 155 Å². The number of aromatic nitrogens is 2. The minimum Gasteiger partial charge on any atom is -0.497 e. The normalized spacial score (nSPS) is 18.4. The maximum Gasteiger partial charge on any atom is 0.194 e. The van der Waals surface area contributed by atoms with Crippen molar-refractivity contribution in [2.24, 2.45) is 10.4 Å². The Morgan fingerprint density at radius 2 is 1.88 bits per heavy atom. The molecule has 0 atom stereocenters. The Morgan fingerprint density at radius 3 is 2.42 bits per heavy atom. The third-order valence-corrected chi connectivity index (χ3v) is 5.76. The highest BCUT2D eigenvalue weighted by molar-refractivity contribution is 5.81. The number of aliphatic imine (C=N–C) groups is 1. The summed E-state index contributed by atoms with van der Waals surface area (Å²) in [5.41, 5.74) is 2.34. The summed E-state index contributed by atoms with van der Waals surface area (Å²) in [7, 11) is 3.50. The van der Waals surface area contributed by atoms with Crippen molar-refractivity contribution >= 4 is 5.96 Å². The first-order valence-corrected chi connectivity index (χ1v) is 8.96. The average Bonchev–Trinajstić information content (AvgIpc) is 3.10. The van der Waals surface area contributed by atoms with Crippen molar-refractivity contribution < 1.29 is 4.74 Å². The van der Waals surface area contributed by atoms with Crippen LogP contribution in [0.15, 0.2) is 41.5 Å². The molecule has 0 radical (unpaired) electrons. The smallest absolute Gasteiger partial charge is 0.194 e. The van der Waals surface area contributed by atoms with E-state index in [4.69, 9.17) is 4.74 Å². The highest BCUT2D eigenvalue weighted by Gasteiger charge is 2.53. The van der Waals surface area contributed by atoms with Crippen LogP contribution in [0.2, 0.25) is 0 Å². The molecule has 0 saturated carbocycles. The number of hydrogen-bond donors (Lipinski definition) is 1. The van der Waals surface area contributed by atoms with Crippen molar-refractivity contribution in [3.63, 3.8) is 0 Å². The van der Waals surface area contributed by atoms with Gasteiger partial charge in [-0.1, -0.05) is 13.8 Å². The van der Waals surface area contributed by atoms with Gasteiger partial charge in [0.2, 0.25) is 0 Å². The fraction of sp³-hybridized carbons (Fsp3) is 0.500. The number of nitrogens with zero attached hydrogens (tertiary/aromatic N) is 4. The molecule has 1 saturated heterocycles. The Hall–Kier alpha value is -2.50. The predicted octanol–water partition coefficient (Wildman–Crippen LogP) is 3.08. The van der Waals surface area contributed by atoms with Gasteiger partial charge in [-0.15, -0.1) is 0 Å². The maximum atomic E-state index is 5.20. The highest BCUT2D eigenvalue weighted by atomic mass is 16.5. The molecule has 1 aromatic carbocycles. The summed E-state index contributed by atoms with van der Waals surface area (Å²) in [6.45, 7) is 10.8. The van der Waals surface area contributed by atoms with Gasteiger partial charge in [-0.25, -0.2) is 4.68 Å². The molecular weight excluding hydrogens is 326 g/mol. The van der Waals surface area contributed by atoms with E-state index in [1.807, 2.05) is 48.3 Å². The van der Waals surface area contributed by atoms with Crippen molar-refractivity contribution in [1.82, 2.24) is 20.0 Å². The fourth-order valence-electron chi connectivity index (χ4n) is 3.20. The summed E-state index contributed by atoms with van der Waals surface area (Å²) in [4.78, 5) is 6.78. The zero-order valence-electron chi connectivity index (χ0n) is 16.6. The van der Waals surface area contributed by atoms with Crippen molar-refractivity contribution in [3.05, 3.63) is 42.2 Å². The van der Waals surface area contributed by atoms with Crippen molar-refractivity contribution in [1.29, 1.82) is 0 Å². The second-order valence-electron chi connectivity index (χ2n) is 7.88. The Kier molecular flexibility index (Phi) is 4.69. The van der Waals surface area contributed by atoms with Gasteiger partial charge in [0.25, 0.3) is 0 Å². The van der Waals surface area contributed by atoms with Crippen LogP contribution >= 0.6 is 0 Å². The van der Waals surface area contributed by atoms with Crippen LogP contribution in [0.1, 0.15) is 33.4 Å². The molecule has 0 spiro atoms. The molecule has 0 amide bonds. The van der Waals surface area contributed by atoms with Gasteiger partial charge >= 0.3 is 0 Å². The second kappa shape index (κ2) is 6.67. The lowest BCUT2D eigenvalue weighted by Gasteiger charge is -2.62. The van der Waals surface area contributed by atoms with Crippen LogP contribution in [0, 0.1) is 5.41 Å². The fourth-order valence-corrected chi connectivity index (χ4v) is 3.20. The van der Waals surface area contributed by atoms with E-state index < -0.39 is 0 Å². The monoisotopic (exact) mass is 355 g/mol. The molecule has 2 heterocycles. The lowest BCUT2D eigenvalue weighted by Crippen LogP contribution is -2.72. The molecule has 1 fully saturated rings. The summed E-state index contributed by atoms with van der Waals surface area (Å²) >= 11 is 0. The zero-order valence-corrected chi connectivity index (χ0v) is 16.6. The molecule has 1 aliphatic heterocycles. The van der Waals surface area contributed by atoms with Gasteiger partial charge in [0.05, 0.1) is 25.0 Å². The molecule has 0 aliphatic carbocycles. The van der Waals surface area contributed by atoms with E-state index in [1.165, 1.54) is 0 Å². The molecule has 2 aromatic rings. The molecule has 0 unspecified atom stereocenters. The van der Waals surface area contributed by atoms with E-state index in [0.717, 1.165) is 29.6 Å². The average molecular weight is 355 g/mol. The van der Waals surface area contributed by atoms with Crippen LogP contribution in [0.25, 0.3) is 5.69 Å². The summed E-state index contributed by atoms with van der Waals surface area (Å²) < 4.78 is 7.07. The number of methoxy groups -OCH3 is 1. The Morgan fingerprint density at radius 1 is 1.19 bits per heavy atom. The molecule has 0 bridgehead atoms. The number of benzene rings is 1. The number of nitrogens with one attached hydrogen (secondary N) is 1. The van der Waals surface area contributed by atoms with Gasteiger partial charge < -0.3 is 15.0 Å². The Bertz CT molecular complexity index is 789. The largest absolute Gasteiger partial charge is 0.497 e. The molecule has 26 heavy (non-hydrogen) atoms. The topological polar surface area (TPSA) is 54.7 Å². The summed E-state index contributed by atoms with van der Waals surface area (Å²) in [5, 5.41) is 8.09. The summed E-state index contributed by atoms with van der Waals surface area (Å²) in [6, 6.07) is 9.88. The van der Waals surface area contributed by atoms with E-state index in [-0.39, 0.29) is 11.0 Å². The zero-order chi connectivity index (χ0) is 18.9. The van der Waals surface area contributed by atoms with Gasteiger partial charge in [-0.05, 0) is 44.2 Å². The number of hydrogen-bond acceptors (Lipinski definition) is 3. The van der Waals surface area contributed by atoms with Gasteiger partial charge in [-0.3, -0.25) is 4.99 Å². The van der Waals surface area contributed by atoms with Crippen LogP contribution in [0.5, 0.6) is 5.75 Å².